The molecule has 1 amide bonds. The fraction of sp³-hybridized carbons (Fsp3) is 0.167. The summed E-state index contributed by atoms with van der Waals surface area (Å²) in [5, 5.41) is 4.65. The van der Waals surface area contributed by atoms with Gasteiger partial charge in [0, 0.05) is 5.02 Å². The Bertz CT molecular complexity index is 822. The van der Waals surface area contributed by atoms with Crippen molar-refractivity contribution in [3.8, 4) is 5.75 Å². The Morgan fingerprint density at radius 1 is 1.15 bits per heavy atom. The Balaban J connectivity index is 1.90. The summed E-state index contributed by atoms with van der Waals surface area (Å²) in [4.78, 5) is 23.4. The molecule has 0 spiro atoms. The van der Waals surface area contributed by atoms with Crippen LogP contribution in [0.3, 0.4) is 0 Å². The van der Waals surface area contributed by atoms with Crippen molar-refractivity contribution in [3.63, 3.8) is 0 Å². The first kappa shape index (κ1) is 19.8. The standard InChI is InChI=1S/C18H16Cl2N2O4/c1-11(26-16-8-7-14(19)9-15(16)20)17(23)22-21-10-12-3-5-13(6-4-12)18(24)25-2/h3-11H,1-2H3,(H,22,23)/b21-10+. The van der Waals surface area contributed by atoms with Gasteiger partial charge in [0.1, 0.15) is 5.75 Å². The number of carbonyl (C=O) groups is 2. The van der Waals surface area contributed by atoms with Gasteiger partial charge in [0.05, 0.1) is 23.9 Å². The predicted octanol–water partition coefficient (Wildman–Crippen LogP) is 3.70. The third-order valence-electron chi connectivity index (χ3n) is 3.29. The maximum atomic E-state index is 12.0. The number of hydrogen-bond donors (Lipinski definition) is 1. The van der Waals surface area contributed by atoms with Crippen molar-refractivity contribution in [2.45, 2.75) is 13.0 Å². The Labute approximate surface area is 160 Å². The fourth-order valence-corrected chi connectivity index (χ4v) is 2.35. The zero-order chi connectivity index (χ0) is 19.1. The van der Waals surface area contributed by atoms with E-state index in [-0.39, 0.29) is 0 Å². The Morgan fingerprint density at radius 3 is 2.46 bits per heavy atom. The van der Waals surface area contributed by atoms with Gasteiger partial charge in [-0.1, -0.05) is 35.3 Å². The molecule has 26 heavy (non-hydrogen) atoms. The topological polar surface area (TPSA) is 77.0 Å². The monoisotopic (exact) mass is 394 g/mol. The summed E-state index contributed by atoms with van der Waals surface area (Å²) in [6.07, 6.45) is 0.633. The Morgan fingerprint density at radius 2 is 1.85 bits per heavy atom. The van der Waals surface area contributed by atoms with Crippen molar-refractivity contribution in [3.05, 3.63) is 63.6 Å². The first-order valence-electron chi connectivity index (χ1n) is 7.53. The van der Waals surface area contributed by atoms with E-state index in [0.29, 0.717) is 26.9 Å². The minimum atomic E-state index is -0.812. The van der Waals surface area contributed by atoms with E-state index in [1.165, 1.54) is 19.4 Å². The van der Waals surface area contributed by atoms with E-state index in [0.717, 1.165) is 0 Å². The molecule has 0 aliphatic rings. The van der Waals surface area contributed by atoms with Crippen molar-refractivity contribution in [2.75, 3.05) is 7.11 Å². The van der Waals surface area contributed by atoms with Crippen LogP contribution in [-0.2, 0) is 9.53 Å². The molecule has 6 nitrogen and oxygen atoms in total. The van der Waals surface area contributed by atoms with Gasteiger partial charge >= 0.3 is 5.97 Å². The fourth-order valence-electron chi connectivity index (χ4n) is 1.90. The molecular weight excluding hydrogens is 379 g/mol. The van der Waals surface area contributed by atoms with Crippen LogP contribution in [0.5, 0.6) is 5.75 Å². The number of carbonyl (C=O) groups excluding carboxylic acids is 2. The van der Waals surface area contributed by atoms with Crippen molar-refractivity contribution in [1.82, 2.24) is 5.43 Å². The quantitative estimate of drug-likeness (QED) is 0.460. The van der Waals surface area contributed by atoms with Crippen LogP contribution in [0.15, 0.2) is 47.6 Å². The molecule has 0 heterocycles. The van der Waals surface area contributed by atoms with Crippen LogP contribution in [0.1, 0.15) is 22.8 Å². The summed E-state index contributed by atoms with van der Waals surface area (Å²) in [6, 6.07) is 11.3. The van der Waals surface area contributed by atoms with Crippen LogP contribution in [0.2, 0.25) is 10.0 Å². The highest BCUT2D eigenvalue weighted by molar-refractivity contribution is 6.35. The number of hydrazone groups is 1. The molecular formula is C18H16Cl2N2O4. The number of benzene rings is 2. The number of halogens is 2. The second-order valence-corrected chi connectivity index (χ2v) is 6.03. The summed E-state index contributed by atoms with van der Waals surface area (Å²) in [6.45, 7) is 1.57. The lowest BCUT2D eigenvalue weighted by molar-refractivity contribution is -0.127. The highest BCUT2D eigenvalue weighted by atomic mass is 35.5. The van der Waals surface area contributed by atoms with Crippen molar-refractivity contribution in [1.29, 1.82) is 0 Å². The summed E-state index contributed by atoms with van der Waals surface area (Å²) in [7, 11) is 1.31. The van der Waals surface area contributed by atoms with Crippen molar-refractivity contribution < 1.29 is 19.1 Å². The first-order chi connectivity index (χ1) is 12.4. The van der Waals surface area contributed by atoms with E-state index < -0.39 is 18.0 Å². The summed E-state index contributed by atoms with van der Waals surface area (Å²) >= 11 is 11.8. The molecule has 1 unspecified atom stereocenters. The van der Waals surface area contributed by atoms with Crippen molar-refractivity contribution in [2.24, 2.45) is 5.10 Å². The molecule has 2 aromatic carbocycles. The van der Waals surface area contributed by atoms with E-state index in [9.17, 15) is 9.59 Å². The molecule has 136 valence electrons. The van der Waals surface area contributed by atoms with Gasteiger partial charge in [-0.15, -0.1) is 0 Å². The minimum Gasteiger partial charge on any atom is -0.479 e. The molecule has 8 heteroatoms. The Kier molecular flexibility index (Phi) is 7.00. The molecule has 1 atom stereocenters. The number of nitrogens with zero attached hydrogens (tertiary/aromatic N) is 1. The van der Waals surface area contributed by atoms with Crippen molar-refractivity contribution >= 4 is 41.3 Å². The minimum absolute atomic E-state index is 0.311. The summed E-state index contributed by atoms with van der Waals surface area (Å²) in [5.41, 5.74) is 3.50. The highest BCUT2D eigenvalue weighted by Crippen LogP contribution is 2.28. The van der Waals surface area contributed by atoms with Crippen LogP contribution in [0.4, 0.5) is 0 Å². The van der Waals surface area contributed by atoms with Crippen LogP contribution in [0, 0.1) is 0 Å². The van der Waals surface area contributed by atoms with Crippen LogP contribution in [-0.4, -0.2) is 31.3 Å². The lowest BCUT2D eigenvalue weighted by Gasteiger charge is -2.14. The lowest BCUT2D eigenvalue weighted by atomic mass is 10.1. The maximum absolute atomic E-state index is 12.0. The molecule has 0 radical (unpaired) electrons. The maximum Gasteiger partial charge on any atom is 0.337 e. The van der Waals surface area contributed by atoms with Gasteiger partial charge in [0.2, 0.25) is 0 Å². The molecule has 2 aromatic rings. The van der Waals surface area contributed by atoms with E-state index in [1.54, 1.807) is 43.3 Å². The SMILES string of the molecule is COC(=O)c1ccc(/C=N/NC(=O)C(C)Oc2ccc(Cl)cc2Cl)cc1. The smallest absolute Gasteiger partial charge is 0.337 e. The number of nitrogens with one attached hydrogen (secondary N) is 1. The lowest BCUT2D eigenvalue weighted by Crippen LogP contribution is -2.33. The normalized spacial score (nSPS) is 11.8. The number of rotatable bonds is 6. The third-order valence-corrected chi connectivity index (χ3v) is 3.82. The van der Waals surface area contributed by atoms with Gasteiger partial charge in [-0.05, 0) is 42.8 Å². The van der Waals surface area contributed by atoms with E-state index >= 15 is 0 Å². The second-order valence-electron chi connectivity index (χ2n) is 5.18. The molecule has 0 fully saturated rings. The van der Waals surface area contributed by atoms with Gasteiger partial charge in [0.15, 0.2) is 6.10 Å². The Hall–Kier alpha value is -2.57. The number of esters is 1. The number of methoxy groups -OCH3 is 1. The molecule has 0 bridgehead atoms. The molecule has 1 N–H and O–H groups in total. The van der Waals surface area contributed by atoms with Gasteiger partial charge in [-0.3, -0.25) is 4.79 Å². The molecule has 0 aliphatic carbocycles. The number of amides is 1. The number of hydrogen-bond acceptors (Lipinski definition) is 5. The van der Waals surface area contributed by atoms with Crippen LogP contribution >= 0.6 is 23.2 Å². The summed E-state index contributed by atoms with van der Waals surface area (Å²) in [5.74, 6) is -0.520. The average molecular weight is 395 g/mol. The van der Waals surface area contributed by atoms with Gasteiger partial charge < -0.3 is 9.47 Å². The second kappa shape index (κ2) is 9.22. The number of ether oxygens (including phenoxy) is 2. The highest BCUT2D eigenvalue weighted by Gasteiger charge is 2.15. The van der Waals surface area contributed by atoms with Gasteiger partial charge in [-0.2, -0.15) is 5.10 Å². The zero-order valence-corrected chi connectivity index (χ0v) is 15.5. The molecule has 0 aliphatic heterocycles. The van der Waals surface area contributed by atoms with Crippen LogP contribution < -0.4 is 10.2 Å². The predicted molar refractivity (Wildman–Crippen MR) is 100 cm³/mol. The summed E-state index contributed by atoms with van der Waals surface area (Å²) < 4.78 is 10.1. The van der Waals surface area contributed by atoms with E-state index in [1.807, 2.05) is 0 Å². The van der Waals surface area contributed by atoms with Gasteiger partial charge in [0.25, 0.3) is 5.91 Å². The largest absolute Gasteiger partial charge is 0.479 e. The first-order valence-corrected chi connectivity index (χ1v) is 8.29. The van der Waals surface area contributed by atoms with E-state index in [4.69, 9.17) is 27.9 Å². The molecule has 0 aromatic heterocycles. The van der Waals surface area contributed by atoms with Gasteiger partial charge in [-0.25, -0.2) is 10.2 Å². The van der Waals surface area contributed by atoms with E-state index in [2.05, 4.69) is 15.3 Å². The third kappa shape index (κ3) is 5.47. The zero-order valence-electron chi connectivity index (χ0n) is 14.0. The molecule has 0 saturated heterocycles. The average Bonchev–Trinajstić information content (AvgIpc) is 2.63. The molecule has 0 saturated carbocycles. The molecule has 2 rings (SSSR count). The van der Waals surface area contributed by atoms with Crippen LogP contribution in [0.25, 0.3) is 0 Å².